The molecule has 1 unspecified atom stereocenters. The summed E-state index contributed by atoms with van der Waals surface area (Å²) in [6.45, 7) is 8.75. The molecule has 3 aliphatic rings. The Kier molecular flexibility index (Phi) is 5.42. The highest BCUT2D eigenvalue weighted by Crippen LogP contribution is 2.48. The van der Waals surface area contributed by atoms with Crippen LogP contribution in [0.5, 0.6) is 0 Å². The minimum atomic E-state index is 0.208. The predicted octanol–water partition coefficient (Wildman–Crippen LogP) is 3.51. The highest BCUT2D eigenvalue weighted by Gasteiger charge is 2.44. The largest absolute Gasteiger partial charge is 0.357 e. The van der Waals surface area contributed by atoms with Crippen molar-refractivity contribution in [1.29, 1.82) is 0 Å². The molecule has 1 aromatic rings. The molecule has 1 N–H and O–H groups in total. The molecule has 2 heterocycles. The van der Waals surface area contributed by atoms with Crippen LogP contribution < -0.4 is 5.32 Å². The van der Waals surface area contributed by atoms with Crippen molar-refractivity contribution in [1.82, 2.24) is 15.1 Å². The Morgan fingerprint density at radius 2 is 2.08 bits per heavy atom. The van der Waals surface area contributed by atoms with E-state index in [1.54, 1.807) is 0 Å². The van der Waals surface area contributed by atoms with Gasteiger partial charge in [-0.25, -0.2) is 0 Å². The maximum Gasteiger partial charge on any atom is 0.193 e. The molecule has 1 saturated carbocycles. The van der Waals surface area contributed by atoms with Crippen molar-refractivity contribution in [2.75, 3.05) is 39.3 Å². The van der Waals surface area contributed by atoms with E-state index in [0.29, 0.717) is 6.04 Å². The van der Waals surface area contributed by atoms with Gasteiger partial charge in [0, 0.05) is 36.1 Å². The molecule has 0 bridgehead atoms. The van der Waals surface area contributed by atoms with E-state index in [9.17, 15) is 0 Å². The lowest BCUT2D eigenvalue weighted by Crippen LogP contribution is -2.43. The maximum atomic E-state index is 6.21. The molecule has 2 saturated heterocycles. The number of halogens is 1. The van der Waals surface area contributed by atoms with Gasteiger partial charge in [-0.2, -0.15) is 0 Å². The molecule has 26 heavy (non-hydrogen) atoms. The SMILES string of the molecule is CCNC(=NCC1(c2cccc(Cl)c2)CC1)N1CCC(N2CCCC2)C1. The molecule has 5 heteroatoms. The number of aliphatic imine (C=N–C) groups is 1. The fraction of sp³-hybridized carbons (Fsp3) is 0.667. The third-order valence-corrected chi connectivity index (χ3v) is 6.51. The number of hydrogen-bond acceptors (Lipinski definition) is 2. The molecule has 4 nitrogen and oxygen atoms in total. The quantitative estimate of drug-likeness (QED) is 0.632. The van der Waals surface area contributed by atoms with Gasteiger partial charge < -0.3 is 10.2 Å². The van der Waals surface area contributed by atoms with E-state index in [1.165, 1.54) is 50.8 Å². The minimum Gasteiger partial charge on any atom is -0.357 e. The van der Waals surface area contributed by atoms with Gasteiger partial charge in [0.25, 0.3) is 0 Å². The van der Waals surface area contributed by atoms with E-state index in [-0.39, 0.29) is 5.41 Å². The lowest BCUT2D eigenvalue weighted by molar-refractivity contribution is 0.249. The molecule has 3 fully saturated rings. The van der Waals surface area contributed by atoms with Crippen LogP contribution in [-0.4, -0.2) is 61.1 Å². The molecule has 4 rings (SSSR count). The van der Waals surface area contributed by atoms with Crippen LogP contribution in [0, 0.1) is 0 Å². The Labute approximate surface area is 162 Å². The summed E-state index contributed by atoms with van der Waals surface area (Å²) in [6, 6.07) is 9.06. The lowest BCUT2D eigenvalue weighted by Gasteiger charge is -2.26. The summed E-state index contributed by atoms with van der Waals surface area (Å²) in [7, 11) is 0. The lowest BCUT2D eigenvalue weighted by atomic mass is 9.96. The zero-order chi connectivity index (χ0) is 18.0. The van der Waals surface area contributed by atoms with Crippen molar-refractivity contribution in [3.05, 3.63) is 34.9 Å². The molecule has 0 spiro atoms. The average molecular weight is 375 g/mol. The van der Waals surface area contributed by atoms with Crippen molar-refractivity contribution in [2.24, 2.45) is 4.99 Å². The summed E-state index contributed by atoms with van der Waals surface area (Å²) in [4.78, 5) is 10.2. The number of nitrogens with zero attached hydrogens (tertiary/aromatic N) is 3. The first-order valence-electron chi connectivity index (χ1n) is 10.2. The zero-order valence-corrected chi connectivity index (χ0v) is 16.6. The predicted molar refractivity (Wildman–Crippen MR) is 109 cm³/mol. The first-order chi connectivity index (χ1) is 12.7. The Morgan fingerprint density at radius 1 is 1.27 bits per heavy atom. The van der Waals surface area contributed by atoms with E-state index in [2.05, 4.69) is 40.2 Å². The number of rotatable bonds is 5. The second-order valence-corrected chi connectivity index (χ2v) is 8.53. The van der Waals surface area contributed by atoms with E-state index in [1.807, 2.05) is 6.07 Å². The minimum absolute atomic E-state index is 0.208. The first-order valence-corrected chi connectivity index (χ1v) is 10.6. The molecule has 1 atom stereocenters. The normalized spacial score (nSPS) is 25.7. The monoisotopic (exact) mass is 374 g/mol. The van der Waals surface area contributed by atoms with Gasteiger partial charge >= 0.3 is 0 Å². The molecule has 2 aliphatic heterocycles. The smallest absolute Gasteiger partial charge is 0.193 e. The van der Waals surface area contributed by atoms with Gasteiger partial charge in [-0.3, -0.25) is 9.89 Å². The van der Waals surface area contributed by atoms with Crippen LogP contribution in [0.3, 0.4) is 0 Å². The van der Waals surface area contributed by atoms with E-state index < -0.39 is 0 Å². The van der Waals surface area contributed by atoms with Crippen molar-refractivity contribution in [3.8, 4) is 0 Å². The summed E-state index contributed by atoms with van der Waals surface area (Å²) >= 11 is 6.21. The molecule has 0 amide bonds. The third kappa shape index (κ3) is 3.86. The molecule has 1 aliphatic carbocycles. The van der Waals surface area contributed by atoms with Gasteiger partial charge in [-0.05, 0) is 69.8 Å². The van der Waals surface area contributed by atoms with Crippen LogP contribution in [0.15, 0.2) is 29.3 Å². The van der Waals surface area contributed by atoms with Crippen LogP contribution in [-0.2, 0) is 5.41 Å². The third-order valence-electron chi connectivity index (χ3n) is 6.28. The van der Waals surface area contributed by atoms with Crippen molar-refractivity contribution in [3.63, 3.8) is 0 Å². The molecule has 0 radical (unpaired) electrons. The van der Waals surface area contributed by atoms with E-state index in [4.69, 9.17) is 16.6 Å². The number of likely N-dealkylation sites (tertiary alicyclic amines) is 2. The highest BCUT2D eigenvalue weighted by atomic mass is 35.5. The standard InChI is InChI=1S/C21H31ClN4/c1-2-23-20(26-13-8-19(15-26)25-11-3-4-12-25)24-16-21(9-10-21)17-6-5-7-18(22)14-17/h5-7,14,19H,2-4,8-13,15-16H2,1H3,(H,23,24). The van der Waals surface area contributed by atoms with Gasteiger partial charge in [0.05, 0.1) is 6.54 Å². The zero-order valence-electron chi connectivity index (χ0n) is 15.9. The number of benzene rings is 1. The average Bonchev–Trinajstić information content (AvgIpc) is 3.04. The summed E-state index contributed by atoms with van der Waals surface area (Å²) < 4.78 is 0. The molecule has 1 aromatic carbocycles. The van der Waals surface area contributed by atoms with E-state index in [0.717, 1.165) is 37.2 Å². The molecule has 142 valence electrons. The topological polar surface area (TPSA) is 30.9 Å². The molecular formula is C21H31ClN4. The van der Waals surface area contributed by atoms with Crippen LogP contribution in [0.2, 0.25) is 5.02 Å². The first kappa shape index (κ1) is 18.1. The molecular weight excluding hydrogens is 344 g/mol. The maximum absolute atomic E-state index is 6.21. The van der Waals surface area contributed by atoms with Gasteiger partial charge in [-0.15, -0.1) is 0 Å². The summed E-state index contributed by atoms with van der Waals surface area (Å²) in [6.07, 6.45) is 6.43. The van der Waals surface area contributed by atoms with Crippen LogP contribution >= 0.6 is 11.6 Å². The summed E-state index contributed by atoms with van der Waals surface area (Å²) in [5.74, 6) is 1.10. The number of guanidine groups is 1. The van der Waals surface area contributed by atoms with Gasteiger partial charge in [0.1, 0.15) is 0 Å². The number of nitrogens with one attached hydrogen (secondary N) is 1. The van der Waals surface area contributed by atoms with Gasteiger partial charge in [-0.1, -0.05) is 23.7 Å². The Morgan fingerprint density at radius 3 is 2.77 bits per heavy atom. The van der Waals surface area contributed by atoms with Gasteiger partial charge in [0.15, 0.2) is 5.96 Å². The second-order valence-electron chi connectivity index (χ2n) is 8.09. The molecule has 0 aromatic heterocycles. The highest BCUT2D eigenvalue weighted by molar-refractivity contribution is 6.30. The van der Waals surface area contributed by atoms with Crippen molar-refractivity contribution >= 4 is 17.6 Å². The summed E-state index contributed by atoms with van der Waals surface area (Å²) in [5.41, 5.74) is 1.56. The number of hydrogen-bond donors (Lipinski definition) is 1. The van der Waals surface area contributed by atoms with Crippen molar-refractivity contribution in [2.45, 2.75) is 50.5 Å². The van der Waals surface area contributed by atoms with Crippen LogP contribution in [0.1, 0.15) is 44.6 Å². The Bertz CT molecular complexity index is 649. The summed E-state index contributed by atoms with van der Waals surface area (Å²) in [5, 5.41) is 4.36. The van der Waals surface area contributed by atoms with Gasteiger partial charge in [0.2, 0.25) is 0 Å². The Balaban J connectivity index is 1.43. The van der Waals surface area contributed by atoms with Crippen LogP contribution in [0.4, 0.5) is 0 Å². The van der Waals surface area contributed by atoms with Crippen LogP contribution in [0.25, 0.3) is 0 Å². The van der Waals surface area contributed by atoms with Crippen molar-refractivity contribution < 1.29 is 0 Å². The fourth-order valence-electron chi connectivity index (χ4n) is 4.50. The Hall–Kier alpha value is -1.26. The second kappa shape index (κ2) is 7.77. The fourth-order valence-corrected chi connectivity index (χ4v) is 4.69. The van der Waals surface area contributed by atoms with E-state index >= 15 is 0 Å².